The van der Waals surface area contributed by atoms with Crippen LogP contribution in [0, 0.1) is 11.8 Å². The Morgan fingerprint density at radius 1 is 1.30 bits per heavy atom. The number of benzene rings is 1. The SMILES string of the molecule is CC(C)C1CCCC(N)(c2cccc3cnccc23)C1. The van der Waals surface area contributed by atoms with Crippen molar-refractivity contribution in [3.05, 3.63) is 42.2 Å². The molecule has 2 nitrogen and oxygen atoms in total. The fourth-order valence-electron chi connectivity index (χ4n) is 3.72. The highest BCUT2D eigenvalue weighted by Gasteiger charge is 2.36. The second-order valence-electron chi connectivity index (χ2n) is 6.66. The number of hydrogen-bond donors (Lipinski definition) is 1. The topological polar surface area (TPSA) is 38.9 Å². The molecular formula is C18H24N2. The molecule has 0 radical (unpaired) electrons. The Balaban J connectivity index is 2.05. The zero-order chi connectivity index (χ0) is 14.2. The average Bonchev–Trinajstić information content (AvgIpc) is 2.46. The van der Waals surface area contributed by atoms with Crippen molar-refractivity contribution in [1.82, 2.24) is 4.98 Å². The third-order valence-corrected chi connectivity index (χ3v) is 4.98. The van der Waals surface area contributed by atoms with Gasteiger partial charge in [-0.1, -0.05) is 44.9 Å². The average molecular weight is 268 g/mol. The summed E-state index contributed by atoms with van der Waals surface area (Å²) in [4.78, 5) is 4.22. The van der Waals surface area contributed by atoms with Crippen LogP contribution in [0.3, 0.4) is 0 Å². The largest absolute Gasteiger partial charge is 0.321 e. The quantitative estimate of drug-likeness (QED) is 0.885. The van der Waals surface area contributed by atoms with Crippen LogP contribution in [-0.2, 0) is 5.54 Å². The molecule has 2 N–H and O–H groups in total. The normalized spacial score (nSPS) is 27.1. The first-order valence-corrected chi connectivity index (χ1v) is 7.72. The number of aromatic nitrogens is 1. The Labute approximate surface area is 121 Å². The molecule has 2 unspecified atom stereocenters. The van der Waals surface area contributed by atoms with Crippen molar-refractivity contribution in [3.63, 3.8) is 0 Å². The van der Waals surface area contributed by atoms with Crippen molar-refractivity contribution >= 4 is 10.8 Å². The molecule has 0 saturated heterocycles. The van der Waals surface area contributed by atoms with Crippen LogP contribution in [-0.4, -0.2) is 4.98 Å². The van der Waals surface area contributed by atoms with Gasteiger partial charge in [-0.15, -0.1) is 0 Å². The molecule has 0 spiro atoms. The first-order valence-electron chi connectivity index (χ1n) is 7.72. The fraction of sp³-hybridized carbons (Fsp3) is 0.500. The van der Waals surface area contributed by atoms with E-state index in [1.807, 2.05) is 12.4 Å². The van der Waals surface area contributed by atoms with Crippen LogP contribution in [0.15, 0.2) is 36.7 Å². The number of rotatable bonds is 2. The van der Waals surface area contributed by atoms with E-state index in [2.05, 4.69) is 43.1 Å². The van der Waals surface area contributed by atoms with Gasteiger partial charge in [-0.05, 0) is 41.7 Å². The summed E-state index contributed by atoms with van der Waals surface area (Å²) in [5.74, 6) is 1.46. The maximum atomic E-state index is 6.85. The lowest BCUT2D eigenvalue weighted by Gasteiger charge is -2.40. The number of hydrogen-bond acceptors (Lipinski definition) is 2. The van der Waals surface area contributed by atoms with E-state index in [-0.39, 0.29) is 5.54 Å². The van der Waals surface area contributed by atoms with E-state index >= 15 is 0 Å². The molecule has 0 aliphatic heterocycles. The van der Waals surface area contributed by atoms with Crippen LogP contribution in [0.25, 0.3) is 10.8 Å². The van der Waals surface area contributed by atoms with E-state index in [9.17, 15) is 0 Å². The zero-order valence-electron chi connectivity index (χ0n) is 12.5. The van der Waals surface area contributed by atoms with Gasteiger partial charge in [0.1, 0.15) is 0 Å². The lowest BCUT2D eigenvalue weighted by Crippen LogP contribution is -2.42. The molecule has 1 aromatic carbocycles. The van der Waals surface area contributed by atoms with Crippen LogP contribution in [0.1, 0.15) is 45.1 Å². The van der Waals surface area contributed by atoms with Crippen molar-refractivity contribution < 1.29 is 0 Å². The summed E-state index contributed by atoms with van der Waals surface area (Å²) in [5.41, 5.74) is 7.99. The first-order chi connectivity index (χ1) is 9.60. The van der Waals surface area contributed by atoms with Gasteiger partial charge in [0.05, 0.1) is 0 Å². The van der Waals surface area contributed by atoms with E-state index in [4.69, 9.17) is 5.73 Å². The van der Waals surface area contributed by atoms with E-state index in [0.29, 0.717) is 0 Å². The molecule has 106 valence electrons. The molecule has 3 rings (SSSR count). The summed E-state index contributed by atoms with van der Waals surface area (Å²) in [6.45, 7) is 4.65. The molecule has 1 aliphatic rings. The zero-order valence-corrected chi connectivity index (χ0v) is 12.5. The highest BCUT2D eigenvalue weighted by atomic mass is 14.8. The molecule has 20 heavy (non-hydrogen) atoms. The van der Waals surface area contributed by atoms with E-state index in [1.54, 1.807) is 0 Å². The number of nitrogens with two attached hydrogens (primary N) is 1. The Bertz CT molecular complexity index is 600. The molecule has 0 bridgehead atoms. The minimum Gasteiger partial charge on any atom is -0.321 e. The smallest absolute Gasteiger partial charge is 0.0418 e. The molecule has 1 aliphatic carbocycles. The Morgan fingerprint density at radius 3 is 2.95 bits per heavy atom. The fourth-order valence-corrected chi connectivity index (χ4v) is 3.72. The lowest BCUT2D eigenvalue weighted by molar-refractivity contribution is 0.185. The Hall–Kier alpha value is -1.41. The minimum absolute atomic E-state index is 0.173. The standard InChI is InChI=1S/C18H24N2/c1-13(2)14-6-4-9-18(19,11-14)17-7-3-5-15-12-20-10-8-16(15)17/h3,5,7-8,10,12-14H,4,6,9,11,19H2,1-2H3. The van der Waals surface area contributed by atoms with Gasteiger partial charge in [0.15, 0.2) is 0 Å². The summed E-state index contributed by atoms with van der Waals surface area (Å²) in [6.07, 6.45) is 8.57. The molecule has 0 amide bonds. The van der Waals surface area contributed by atoms with Crippen molar-refractivity contribution in [3.8, 4) is 0 Å². The van der Waals surface area contributed by atoms with Crippen molar-refractivity contribution in [1.29, 1.82) is 0 Å². The maximum Gasteiger partial charge on any atom is 0.0418 e. The summed E-state index contributed by atoms with van der Waals surface area (Å²) >= 11 is 0. The monoisotopic (exact) mass is 268 g/mol. The van der Waals surface area contributed by atoms with Gasteiger partial charge in [0.2, 0.25) is 0 Å². The summed E-state index contributed by atoms with van der Waals surface area (Å²) in [5, 5.41) is 2.47. The predicted molar refractivity (Wildman–Crippen MR) is 84.4 cm³/mol. The minimum atomic E-state index is -0.173. The molecule has 1 fully saturated rings. The number of nitrogens with zero attached hydrogens (tertiary/aromatic N) is 1. The van der Waals surface area contributed by atoms with Crippen molar-refractivity contribution in [2.75, 3.05) is 0 Å². The van der Waals surface area contributed by atoms with Crippen LogP contribution >= 0.6 is 0 Å². The van der Waals surface area contributed by atoms with Gasteiger partial charge in [-0.2, -0.15) is 0 Å². The summed E-state index contributed by atoms with van der Waals surface area (Å²) in [7, 11) is 0. The van der Waals surface area contributed by atoms with Gasteiger partial charge in [0, 0.05) is 23.3 Å². The van der Waals surface area contributed by atoms with Crippen molar-refractivity contribution in [2.24, 2.45) is 17.6 Å². The second-order valence-corrected chi connectivity index (χ2v) is 6.66. The molecule has 2 aromatic rings. The van der Waals surface area contributed by atoms with Gasteiger partial charge < -0.3 is 5.73 Å². The lowest BCUT2D eigenvalue weighted by atomic mass is 9.68. The summed E-state index contributed by atoms with van der Waals surface area (Å²) < 4.78 is 0. The van der Waals surface area contributed by atoms with Gasteiger partial charge in [0.25, 0.3) is 0 Å². The molecule has 2 atom stereocenters. The Kier molecular flexibility index (Phi) is 3.51. The van der Waals surface area contributed by atoms with Crippen LogP contribution in [0.5, 0.6) is 0 Å². The van der Waals surface area contributed by atoms with E-state index in [0.717, 1.165) is 24.7 Å². The number of fused-ring (bicyclic) bond motifs is 1. The summed E-state index contributed by atoms with van der Waals surface area (Å²) in [6, 6.07) is 8.56. The van der Waals surface area contributed by atoms with Crippen LogP contribution in [0.2, 0.25) is 0 Å². The first kappa shape index (κ1) is 13.6. The van der Waals surface area contributed by atoms with Crippen molar-refractivity contribution in [2.45, 2.75) is 45.1 Å². The third kappa shape index (κ3) is 2.33. The van der Waals surface area contributed by atoms with Crippen LogP contribution in [0.4, 0.5) is 0 Å². The highest BCUT2D eigenvalue weighted by molar-refractivity contribution is 5.85. The van der Waals surface area contributed by atoms with Crippen LogP contribution < -0.4 is 5.73 Å². The Morgan fingerprint density at radius 2 is 2.15 bits per heavy atom. The molecular weight excluding hydrogens is 244 g/mol. The molecule has 1 heterocycles. The maximum absolute atomic E-state index is 6.85. The van der Waals surface area contributed by atoms with E-state index in [1.165, 1.54) is 29.2 Å². The molecule has 1 aromatic heterocycles. The van der Waals surface area contributed by atoms with Gasteiger partial charge >= 0.3 is 0 Å². The molecule has 2 heteroatoms. The second kappa shape index (κ2) is 5.17. The number of pyridine rings is 1. The third-order valence-electron chi connectivity index (χ3n) is 4.98. The van der Waals surface area contributed by atoms with E-state index < -0.39 is 0 Å². The highest BCUT2D eigenvalue weighted by Crippen LogP contribution is 2.42. The van der Waals surface area contributed by atoms with Gasteiger partial charge in [-0.3, -0.25) is 4.98 Å². The van der Waals surface area contributed by atoms with Gasteiger partial charge in [-0.25, -0.2) is 0 Å². The molecule has 1 saturated carbocycles. The predicted octanol–water partition coefficient (Wildman–Crippen LogP) is 4.24.